The molecule has 108 valence electrons. The number of rotatable bonds is 2. The van der Waals surface area contributed by atoms with Crippen molar-refractivity contribution in [3.05, 3.63) is 0 Å². The van der Waals surface area contributed by atoms with Gasteiger partial charge in [0, 0.05) is 0 Å². The van der Waals surface area contributed by atoms with Crippen LogP contribution in [0.15, 0.2) is 0 Å². The van der Waals surface area contributed by atoms with E-state index in [-0.39, 0.29) is 0 Å². The quantitative estimate of drug-likeness (QED) is 0.803. The maximum Gasteiger partial charge on any atom is 0.0682 e. The van der Waals surface area contributed by atoms with Crippen LogP contribution < -0.4 is 5.32 Å². The highest BCUT2D eigenvalue weighted by atomic mass is 16.3. The van der Waals surface area contributed by atoms with Gasteiger partial charge in [0.15, 0.2) is 0 Å². The first-order valence-corrected chi connectivity index (χ1v) is 8.57. The van der Waals surface area contributed by atoms with Crippen LogP contribution in [-0.4, -0.2) is 23.8 Å². The second kappa shape index (κ2) is 4.46. The van der Waals surface area contributed by atoms with E-state index in [1.807, 2.05) is 0 Å². The van der Waals surface area contributed by atoms with Crippen molar-refractivity contribution in [3.8, 4) is 0 Å². The molecule has 5 fully saturated rings. The molecule has 0 radical (unpaired) electrons. The van der Waals surface area contributed by atoms with Gasteiger partial charge in [0.2, 0.25) is 0 Å². The fraction of sp³-hybridized carbons (Fsp3) is 1.00. The number of hydrogen-bond acceptors (Lipinski definition) is 2. The van der Waals surface area contributed by atoms with Gasteiger partial charge in [-0.25, -0.2) is 0 Å². The van der Waals surface area contributed by atoms with E-state index in [0.29, 0.717) is 11.8 Å². The third-order valence-corrected chi connectivity index (χ3v) is 7.07. The Morgan fingerprint density at radius 1 is 0.895 bits per heavy atom. The fourth-order valence-electron chi connectivity index (χ4n) is 6.56. The number of nitrogens with one attached hydrogen (secondary N) is 1. The van der Waals surface area contributed by atoms with E-state index in [1.165, 1.54) is 44.9 Å². The number of hydrogen-bond donors (Lipinski definition) is 2. The van der Waals surface area contributed by atoms with E-state index in [9.17, 15) is 5.11 Å². The first-order valence-electron chi connectivity index (χ1n) is 8.57. The second-order valence-electron chi connectivity index (χ2n) is 8.21. The molecule has 0 aromatic carbocycles. The molecule has 4 aliphatic carbocycles. The third-order valence-electron chi connectivity index (χ3n) is 7.07. The summed E-state index contributed by atoms with van der Waals surface area (Å²) in [6.07, 6.45) is 9.58. The zero-order valence-electron chi connectivity index (χ0n) is 12.3. The Balaban J connectivity index is 1.57. The summed E-state index contributed by atoms with van der Waals surface area (Å²) < 4.78 is 0. The monoisotopic (exact) mass is 263 g/mol. The first kappa shape index (κ1) is 12.6. The fourth-order valence-corrected chi connectivity index (χ4v) is 6.56. The predicted molar refractivity (Wildman–Crippen MR) is 76.8 cm³/mol. The van der Waals surface area contributed by atoms with Crippen molar-refractivity contribution in [1.82, 2.24) is 5.32 Å². The van der Waals surface area contributed by atoms with E-state index in [1.54, 1.807) is 0 Å². The lowest BCUT2D eigenvalue weighted by atomic mass is 9.47. The van der Waals surface area contributed by atoms with Crippen LogP contribution in [0.25, 0.3) is 0 Å². The Hall–Kier alpha value is -0.0800. The Morgan fingerprint density at radius 2 is 1.42 bits per heavy atom. The van der Waals surface area contributed by atoms with Crippen LogP contribution in [0.3, 0.4) is 0 Å². The normalized spacial score (nSPS) is 49.3. The molecule has 1 atom stereocenters. The molecule has 1 heterocycles. The summed E-state index contributed by atoms with van der Waals surface area (Å²) in [6, 6.07) is 0. The standard InChI is InChI=1S/C17H29NO/c1-17(19,15-2-4-18-5-3-15)16-13-7-11-6-12(9-13)10-14(16)8-11/h11-16,18-19H,2-10H2,1H3. The van der Waals surface area contributed by atoms with Gasteiger partial charge in [0.05, 0.1) is 5.60 Å². The zero-order chi connectivity index (χ0) is 13.0. The lowest BCUT2D eigenvalue weighted by molar-refractivity contribution is -0.162. The van der Waals surface area contributed by atoms with Crippen LogP contribution in [-0.2, 0) is 0 Å². The van der Waals surface area contributed by atoms with Crippen molar-refractivity contribution in [2.75, 3.05) is 13.1 Å². The van der Waals surface area contributed by atoms with Gasteiger partial charge < -0.3 is 10.4 Å². The molecule has 0 aromatic rings. The third kappa shape index (κ3) is 1.98. The number of piperidine rings is 1. The van der Waals surface area contributed by atoms with Crippen molar-refractivity contribution in [2.24, 2.45) is 35.5 Å². The number of aliphatic hydroxyl groups is 1. The van der Waals surface area contributed by atoms with Crippen LogP contribution in [0, 0.1) is 35.5 Å². The Morgan fingerprint density at radius 3 is 1.95 bits per heavy atom. The predicted octanol–water partition coefficient (Wildman–Crippen LogP) is 2.81. The summed E-state index contributed by atoms with van der Waals surface area (Å²) in [7, 11) is 0. The van der Waals surface area contributed by atoms with Crippen LogP contribution in [0.5, 0.6) is 0 Å². The average Bonchev–Trinajstić information content (AvgIpc) is 2.38. The molecule has 1 unspecified atom stereocenters. The van der Waals surface area contributed by atoms with Crippen LogP contribution in [0.2, 0.25) is 0 Å². The molecular formula is C17H29NO. The molecule has 1 aliphatic heterocycles. The minimum absolute atomic E-state index is 0.398. The van der Waals surface area contributed by atoms with E-state index >= 15 is 0 Å². The molecule has 0 aromatic heterocycles. The Bertz CT molecular complexity index is 317. The van der Waals surface area contributed by atoms with E-state index in [2.05, 4.69) is 12.2 Å². The van der Waals surface area contributed by atoms with Crippen molar-refractivity contribution in [1.29, 1.82) is 0 Å². The summed E-state index contributed by atoms with van der Waals surface area (Å²) in [5, 5.41) is 14.8. The lowest BCUT2D eigenvalue weighted by Gasteiger charge is -2.59. The maximum absolute atomic E-state index is 11.3. The Kier molecular flexibility index (Phi) is 2.97. The van der Waals surface area contributed by atoms with Gasteiger partial charge in [-0.1, -0.05) is 0 Å². The lowest BCUT2D eigenvalue weighted by Crippen LogP contribution is -2.57. The highest BCUT2D eigenvalue weighted by molar-refractivity contribution is 5.05. The van der Waals surface area contributed by atoms with Gasteiger partial charge in [-0.05, 0) is 100 Å². The van der Waals surface area contributed by atoms with Crippen molar-refractivity contribution in [3.63, 3.8) is 0 Å². The smallest absolute Gasteiger partial charge is 0.0682 e. The van der Waals surface area contributed by atoms with Gasteiger partial charge in [-0.3, -0.25) is 0 Å². The highest BCUT2D eigenvalue weighted by Gasteiger charge is 2.55. The molecule has 2 N–H and O–H groups in total. The van der Waals surface area contributed by atoms with Crippen LogP contribution >= 0.6 is 0 Å². The molecule has 19 heavy (non-hydrogen) atoms. The van der Waals surface area contributed by atoms with Crippen molar-refractivity contribution >= 4 is 0 Å². The molecule has 2 heteroatoms. The summed E-state index contributed by atoms with van der Waals surface area (Å²) in [5.41, 5.74) is -0.398. The summed E-state index contributed by atoms with van der Waals surface area (Å²) in [6.45, 7) is 4.40. The van der Waals surface area contributed by atoms with Crippen molar-refractivity contribution in [2.45, 2.75) is 57.5 Å². The first-order chi connectivity index (χ1) is 9.14. The molecular weight excluding hydrogens is 234 g/mol. The summed E-state index contributed by atoms with van der Waals surface area (Å²) in [4.78, 5) is 0. The summed E-state index contributed by atoms with van der Waals surface area (Å²) in [5.74, 6) is 4.88. The van der Waals surface area contributed by atoms with Gasteiger partial charge >= 0.3 is 0 Å². The second-order valence-corrected chi connectivity index (χ2v) is 8.21. The van der Waals surface area contributed by atoms with Gasteiger partial charge in [-0.2, -0.15) is 0 Å². The Labute approximate surface area is 117 Å². The van der Waals surface area contributed by atoms with Crippen LogP contribution in [0.4, 0.5) is 0 Å². The molecule has 2 nitrogen and oxygen atoms in total. The van der Waals surface area contributed by atoms with E-state index in [0.717, 1.165) is 36.8 Å². The maximum atomic E-state index is 11.3. The average molecular weight is 263 g/mol. The molecule has 0 amide bonds. The molecule has 4 bridgehead atoms. The summed E-state index contributed by atoms with van der Waals surface area (Å²) >= 11 is 0. The molecule has 4 saturated carbocycles. The largest absolute Gasteiger partial charge is 0.390 e. The zero-order valence-corrected chi connectivity index (χ0v) is 12.3. The molecule has 0 spiro atoms. The van der Waals surface area contributed by atoms with Gasteiger partial charge in [0.1, 0.15) is 0 Å². The molecule has 5 aliphatic rings. The molecule has 5 rings (SSSR count). The van der Waals surface area contributed by atoms with Gasteiger partial charge in [-0.15, -0.1) is 0 Å². The van der Waals surface area contributed by atoms with E-state index < -0.39 is 5.60 Å². The SMILES string of the molecule is CC(O)(C1CCNCC1)C1C2CC3CC(C2)CC1C3. The topological polar surface area (TPSA) is 32.3 Å². The minimum atomic E-state index is -0.398. The molecule has 1 saturated heterocycles. The van der Waals surface area contributed by atoms with Crippen LogP contribution in [0.1, 0.15) is 51.9 Å². The highest BCUT2D eigenvalue weighted by Crippen LogP contribution is 2.60. The van der Waals surface area contributed by atoms with Gasteiger partial charge in [0.25, 0.3) is 0 Å². The van der Waals surface area contributed by atoms with E-state index in [4.69, 9.17) is 0 Å². The van der Waals surface area contributed by atoms with Crippen molar-refractivity contribution < 1.29 is 5.11 Å². The minimum Gasteiger partial charge on any atom is -0.390 e.